The molecule has 1 saturated heterocycles. The van der Waals surface area contributed by atoms with E-state index >= 15 is 0 Å². The van der Waals surface area contributed by atoms with Crippen molar-refractivity contribution in [2.24, 2.45) is 17.8 Å². The molecule has 1 N–H and O–H groups in total. The van der Waals surface area contributed by atoms with Crippen molar-refractivity contribution in [2.45, 2.75) is 45.6 Å². The Morgan fingerprint density at radius 1 is 1.25 bits per heavy atom. The molecule has 0 aromatic heterocycles. The van der Waals surface area contributed by atoms with Crippen molar-refractivity contribution in [2.75, 3.05) is 13.1 Å². The van der Waals surface area contributed by atoms with E-state index in [0.717, 1.165) is 25.2 Å². The fourth-order valence-electron chi connectivity index (χ4n) is 3.15. The molecule has 2 rings (SSSR count). The number of hydrogen-bond acceptors (Lipinski definition) is 2. The second-order valence-electron chi connectivity index (χ2n) is 5.77. The lowest BCUT2D eigenvalue weighted by Crippen LogP contribution is -2.53. The minimum atomic E-state index is -0.579. The highest BCUT2D eigenvalue weighted by Gasteiger charge is 2.38. The molecule has 2 fully saturated rings. The smallest absolute Gasteiger partial charge is 0.306 e. The number of likely N-dealkylation sites (tertiary alicyclic amines) is 1. The summed E-state index contributed by atoms with van der Waals surface area (Å²) in [5, 5.41) is 9.06. The molecule has 3 heteroatoms. The Bertz CT molecular complexity index is 259. The van der Waals surface area contributed by atoms with Crippen LogP contribution in [0.15, 0.2) is 0 Å². The zero-order chi connectivity index (χ0) is 11.7. The van der Waals surface area contributed by atoms with Crippen molar-refractivity contribution in [3.8, 4) is 0 Å². The molecule has 1 aliphatic carbocycles. The molecule has 92 valence electrons. The normalized spacial score (nSPS) is 32.7. The second kappa shape index (κ2) is 4.74. The Balaban J connectivity index is 1.81. The highest BCUT2D eigenvalue weighted by atomic mass is 16.4. The Hall–Kier alpha value is -0.570. The summed E-state index contributed by atoms with van der Waals surface area (Å²) in [5.41, 5.74) is 0. The fourth-order valence-corrected chi connectivity index (χ4v) is 3.15. The van der Waals surface area contributed by atoms with Gasteiger partial charge in [-0.25, -0.2) is 0 Å². The molecule has 0 aromatic carbocycles. The van der Waals surface area contributed by atoms with Crippen LogP contribution in [-0.4, -0.2) is 35.1 Å². The molecular formula is C13H23NO2. The molecule has 0 spiro atoms. The number of aliphatic carboxylic acids is 1. The summed E-state index contributed by atoms with van der Waals surface area (Å²) in [7, 11) is 0. The lowest BCUT2D eigenvalue weighted by molar-refractivity contribution is -0.144. The maximum absolute atomic E-state index is 11.0. The Morgan fingerprint density at radius 2 is 1.94 bits per heavy atom. The van der Waals surface area contributed by atoms with Crippen molar-refractivity contribution in [1.82, 2.24) is 4.90 Å². The topological polar surface area (TPSA) is 40.5 Å². The first-order valence-electron chi connectivity index (χ1n) is 6.54. The van der Waals surface area contributed by atoms with Gasteiger partial charge in [0, 0.05) is 19.1 Å². The van der Waals surface area contributed by atoms with Crippen LogP contribution in [0.1, 0.15) is 39.5 Å². The minimum absolute atomic E-state index is 0.0631. The minimum Gasteiger partial charge on any atom is -0.481 e. The molecule has 3 nitrogen and oxygen atoms in total. The highest BCUT2D eigenvalue weighted by molar-refractivity contribution is 5.70. The lowest BCUT2D eigenvalue weighted by Gasteiger charge is -2.47. The van der Waals surface area contributed by atoms with Gasteiger partial charge in [-0.1, -0.05) is 12.8 Å². The molecule has 0 radical (unpaired) electrons. The summed E-state index contributed by atoms with van der Waals surface area (Å²) in [5.74, 6) is 0.797. The van der Waals surface area contributed by atoms with Gasteiger partial charge in [0.1, 0.15) is 0 Å². The summed E-state index contributed by atoms with van der Waals surface area (Å²) in [6, 6.07) is 0.648. The number of carbonyl (C=O) groups is 1. The third-order valence-electron chi connectivity index (χ3n) is 4.40. The quantitative estimate of drug-likeness (QED) is 0.800. The Kier molecular flexibility index (Phi) is 3.53. The van der Waals surface area contributed by atoms with Gasteiger partial charge in [0.25, 0.3) is 0 Å². The number of carboxylic acid groups (broad SMARTS) is 1. The first-order valence-corrected chi connectivity index (χ1v) is 6.54. The molecule has 1 aliphatic heterocycles. The van der Waals surface area contributed by atoms with Crippen LogP contribution in [0.5, 0.6) is 0 Å². The number of carboxylic acids is 1. The molecule has 0 aromatic rings. The molecular weight excluding hydrogens is 202 g/mol. The molecule has 2 atom stereocenters. The third kappa shape index (κ3) is 2.40. The van der Waals surface area contributed by atoms with E-state index < -0.39 is 5.97 Å². The summed E-state index contributed by atoms with van der Waals surface area (Å²) >= 11 is 0. The number of nitrogens with zero attached hydrogens (tertiary/aromatic N) is 1. The van der Waals surface area contributed by atoms with Gasteiger partial charge in [0.15, 0.2) is 0 Å². The van der Waals surface area contributed by atoms with Gasteiger partial charge < -0.3 is 10.0 Å². The van der Waals surface area contributed by atoms with Gasteiger partial charge in [0.05, 0.1) is 5.92 Å². The summed E-state index contributed by atoms with van der Waals surface area (Å²) < 4.78 is 0. The first kappa shape index (κ1) is 11.9. The summed E-state index contributed by atoms with van der Waals surface area (Å²) in [4.78, 5) is 13.5. The van der Waals surface area contributed by atoms with E-state index in [1.165, 1.54) is 19.5 Å². The monoisotopic (exact) mass is 225 g/mol. The van der Waals surface area contributed by atoms with Crippen LogP contribution in [0.4, 0.5) is 0 Å². The zero-order valence-corrected chi connectivity index (χ0v) is 10.4. The first-order chi connectivity index (χ1) is 7.58. The molecule has 2 aliphatic rings. The molecule has 1 heterocycles. The molecule has 16 heavy (non-hydrogen) atoms. The van der Waals surface area contributed by atoms with Crippen LogP contribution in [0.3, 0.4) is 0 Å². The Morgan fingerprint density at radius 3 is 2.50 bits per heavy atom. The summed E-state index contributed by atoms with van der Waals surface area (Å²) in [6.07, 6.45) is 4.18. The maximum Gasteiger partial charge on any atom is 0.306 e. The van der Waals surface area contributed by atoms with Crippen LogP contribution >= 0.6 is 0 Å². The van der Waals surface area contributed by atoms with Crippen molar-refractivity contribution in [3.05, 3.63) is 0 Å². The van der Waals surface area contributed by atoms with Crippen molar-refractivity contribution < 1.29 is 9.90 Å². The molecule has 1 saturated carbocycles. The van der Waals surface area contributed by atoms with Gasteiger partial charge in [-0.2, -0.15) is 0 Å². The predicted molar refractivity (Wildman–Crippen MR) is 63.3 cm³/mol. The van der Waals surface area contributed by atoms with Crippen LogP contribution < -0.4 is 0 Å². The average Bonchev–Trinajstić information content (AvgIpc) is 2.15. The van der Waals surface area contributed by atoms with Crippen LogP contribution in [0.25, 0.3) is 0 Å². The van der Waals surface area contributed by atoms with Gasteiger partial charge >= 0.3 is 5.97 Å². The van der Waals surface area contributed by atoms with Gasteiger partial charge in [0.2, 0.25) is 0 Å². The average molecular weight is 225 g/mol. The van der Waals surface area contributed by atoms with Gasteiger partial charge in [-0.3, -0.25) is 4.79 Å². The summed E-state index contributed by atoms with van der Waals surface area (Å²) in [6.45, 7) is 6.84. The van der Waals surface area contributed by atoms with E-state index in [9.17, 15) is 4.79 Å². The van der Waals surface area contributed by atoms with Crippen molar-refractivity contribution in [1.29, 1.82) is 0 Å². The van der Waals surface area contributed by atoms with E-state index in [1.807, 2.05) is 0 Å². The standard InChI is InChI=1S/C13H23NO2/c1-9(2)14-7-12(8-14)10-4-3-5-11(6-10)13(15)16/h9-12H,3-8H2,1-2H3,(H,15,16). The van der Waals surface area contributed by atoms with Crippen molar-refractivity contribution >= 4 is 5.97 Å². The molecule has 2 unspecified atom stereocenters. The zero-order valence-electron chi connectivity index (χ0n) is 10.4. The van der Waals surface area contributed by atoms with Gasteiger partial charge in [-0.15, -0.1) is 0 Å². The highest BCUT2D eigenvalue weighted by Crippen LogP contribution is 2.38. The maximum atomic E-state index is 11.0. The van der Waals surface area contributed by atoms with Gasteiger partial charge in [-0.05, 0) is 38.5 Å². The Labute approximate surface area is 97.8 Å². The fraction of sp³-hybridized carbons (Fsp3) is 0.923. The SMILES string of the molecule is CC(C)N1CC(C2CCCC(C(=O)O)C2)C1. The van der Waals surface area contributed by atoms with E-state index in [1.54, 1.807) is 0 Å². The lowest BCUT2D eigenvalue weighted by atomic mass is 9.72. The molecule has 0 bridgehead atoms. The number of hydrogen-bond donors (Lipinski definition) is 1. The predicted octanol–water partition coefficient (Wildman–Crippen LogP) is 2.22. The van der Waals surface area contributed by atoms with E-state index in [0.29, 0.717) is 12.0 Å². The van der Waals surface area contributed by atoms with Crippen molar-refractivity contribution in [3.63, 3.8) is 0 Å². The van der Waals surface area contributed by atoms with Crippen LogP contribution in [0.2, 0.25) is 0 Å². The van der Waals surface area contributed by atoms with E-state index in [4.69, 9.17) is 5.11 Å². The number of rotatable bonds is 3. The second-order valence-corrected chi connectivity index (χ2v) is 5.77. The van der Waals surface area contributed by atoms with E-state index in [-0.39, 0.29) is 5.92 Å². The third-order valence-corrected chi connectivity index (χ3v) is 4.40. The van der Waals surface area contributed by atoms with E-state index in [2.05, 4.69) is 18.7 Å². The largest absolute Gasteiger partial charge is 0.481 e. The molecule has 0 amide bonds. The van der Waals surface area contributed by atoms with Crippen LogP contribution in [-0.2, 0) is 4.79 Å². The van der Waals surface area contributed by atoms with Crippen LogP contribution in [0, 0.1) is 17.8 Å².